The van der Waals surface area contributed by atoms with Gasteiger partial charge in [0.25, 0.3) is 0 Å². The first-order chi connectivity index (χ1) is 38.5. The Bertz CT molecular complexity index is 1310. The molecule has 3 N–H and O–H groups in total. The number of aliphatic hydroxyl groups is 2. The average molecular weight is 1090 g/mol. The maximum Gasteiger partial charge on any atom is 0.305 e. The van der Waals surface area contributed by atoms with E-state index in [1.807, 2.05) is 6.08 Å². The zero-order valence-electron chi connectivity index (χ0n) is 52.4. The molecule has 0 saturated heterocycles. The Kier molecular flexibility index (Phi) is 65.4. The Morgan fingerprint density at radius 1 is 0.359 bits per heavy atom. The van der Waals surface area contributed by atoms with E-state index in [1.165, 1.54) is 295 Å². The highest BCUT2D eigenvalue weighted by molar-refractivity contribution is 5.76. The summed E-state index contributed by atoms with van der Waals surface area (Å²) in [6.45, 7) is 4.89. The number of hydrogen-bond acceptors (Lipinski definition) is 5. The zero-order chi connectivity index (χ0) is 56.4. The molecule has 6 nitrogen and oxygen atoms in total. The smallest absolute Gasteiger partial charge is 0.305 e. The molecule has 78 heavy (non-hydrogen) atoms. The first-order valence-electron chi connectivity index (χ1n) is 34.9. The lowest BCUT2D eigenvalue weighted by molar-refractivity contribution is -0.143. The molecule has 6 heteroatoms. The van der Waals surface area contributed by atoms with E-state index in [2.05, 4.69) is 55.6 Å². The highest BCUT2D eigenvalue weighted by Gasteiger charge is 2.18. The number of allylic oxidation sites excluding steroid dienone is 7. The fourth-order valence-electron chi connectivity index (χ4n) is 10.7. The lowest BCUT2D eigenvalue weighted by atomic mass is 10.0. The van der Waals surface area contributed by atoms with Crippen molar-refractivity contribution in [1.82, 2.24) is 5.32 Å². The molecule has 2 unspecified atom stereocenters. The molecule has 0 aliphatic rings. The molecule has 0 aromatic carbocycles. The van der Waals surface area contributed by atoms with Crippen LogP contribution >= 0.6 is 0 Å². The van der Waals surface area contributed by atoms with Crippen molar-refractivity contribution < 1.29 is 24.5 Å². The highest BCUT2D eigenvalue weighted by atomic mass is 16.5. The predicted octanol–water partition coefficient (Wildman–Crippen LogP) is 22.5. The second-order valence-electron chi connectivity index (χ2n) is 23.9. The Morgan fingerprint density at radius 2 is 0.641 bits per heavy atom. The van der Waals surface area contributed by atoms with Gasteiger partial charge >= 0.3 is 5.97 Å². The summed E-state index contributed by atoms with van der Waals surface area (Å²) < 4.78 is 5.50. The van der Waals surface area contributed by atoms with Gasteiger partial charge in [-0.25, -0.2) is 0 Å². The van der Waals surface area contributed by atoms with Gasteiger partial charge in [-0.2, -0.15) is 0 Å². The van der Waals surface area contributed by atoms with Crippen molar-refractivity contribution >= 4 is 11.9 Å². The second-order valence-corrected chi connectivity index (χ2v) is 23.9. The minimum Gasteiger partial charge on any atom is -0.466 e. The summed E-state index contributed by atoms with van der Waals surface area (Å²) in [5.41, 5.74) is 0. The fourth-order valence-corrected chi connectivity index (χ4v) is 10.7. The minimum atomic E-state index is -0.843. The third-order valence-electron chi connectivity index (χ3n) is 16.1. The van der Waals surface area contributed by atoms with Crippen LogP contribution in [0, 0.1) is 0 Å². The quantitative estimate of drug-likeness (QED) is 0.0320. The number of carbonyl (C=O) groups is 2. The van der Waals surface area contributed by atoms with Crippen LogP contribution in [-0.2, 0) is 14.3 Å². The van der Waals surface area contributed by atoms with Crippen molar-refractivity contribution in [3.63, 3.8) is 0 Å². The van der Waals surface area contributed by atoms with Crippen LogP contribution in [-0.4, -0.2) is 47.4 Å². The van der Waals surface area contributed by atoms with Crippen molar-refractivity contribution in [2.24, 2.45) is 0 Å². The Labute approximate surface area is 486 Å². The van der Waals surface area contributed by atoms with Crippen LogP contribution in [0.2, 0.25) is 0 Å². The first kappa shape index (κ1) is 75.8. The Hall–Kier alpha value is -2.18. The van der Waals surface area contributed by atoms with Crippen LogP contribution in [0.5, 0.6) is 0 Å². The van der Waals surface area contributed by atoms with E-state index < -0.39 is 12.1 Å². The van der Waals surface area contributed by atoms with E-state index in [9.17, 15) is 19.8 Å². The van der Waals surface area contributed by atoms with E-state index in [4.69, 9.17) is 4.74 Å². The van der Waals surface area contributed by atoms with Crippen molar-refractivity contribution in [2.45, 2.75) is 386 Å². The van der Waals surface area contributed by atoms with Crippen LogP contribution in [0.3, 0.4) is 0 Å². The summed E-state index contributed by atoms with van der Waals surface area (Å²) in [7, 11) is 0. The summed E-state index contributed by atoms with van der Waals surface area (Å²) in [6, 6.07) is -0.627. The van der Waals surface area contributed by atoms with Gasteiger partial charge in [-0.05, 0) is 89.9 Å². The van der Waals surface area contributed by atoms with E-state index in [1.54, 1.807) is 6.08 Å². The molecule has 0 radical (unpaired) electrons. The van der Waals surface area contributed by atoms with Crippen LogP contribution < -0.4 is 5.32 Å². The van der Waals surface area contributed by atoms with E-state index in [0.717, 1.165) is 51.4 Å². The number of rotatable bonds is 65. The minimum absolute atomic E-state index is 0.00904. The molecule has 0 bridgehead atoms. The molecule has 0 fully saturated rings. The molecule has 1 amide bonds. The molecule has 0 rings (SSSR count). The molecular formula is C72H135NO5. The van der Waals surface area contributed by atoms with Gasteiger partial charge in [0, 0.05) is 12.8 Å². The molecule has 0 aliphatic heterocycles. The molecule has 0 spiro atoms. The highest BCUT2D eigenvalue weighted by Crippen LogP contribution is 2.18. The van der Waals surface area contributed by atoms with Crippen LogP contribution in [0.25, 0.3) is 0 Å². The summed E-state index contributed by atoms with van der Waals surface area (Å²) in [5, 5.41) is 23.1. The van der Waals surface area contributed by atoms with Gasteiger partial charge in [0.1, 0.15) is 0 Å². The fraction of sp³-hybridized carbons (Fsp3) is 0.861. The summed E-state index contributed by atoms with van der Waals surface area (Å²) >= 11 is 0. The topological polar surface area (TPSA) is 95.9 Å². The number of ether oxygens (including phenoxy) is 1. The molecule has 0 aromatic heterocycles. The first-order valence-corrected chi connectivity index (χ1v) is 34.9. The van der Waals surface area contributed by atoms with Crippen LogP contribution in [0.4, 0.5) is 0 Å². The summed E-state index contributed by atoms with van der Waals surface area (Å²) in [6.07, 6.45) is 87.6. The van der Waals surface area contributed by atoms with Crippen molar-refractivity contribution in [2.75, 3.05) is 13.2 Å². The van der Waals surface area contributed by atoms with Gasteiger partial charge in [-0.15, -0.1) is 0 Å². The molecule has 2 atom stereocenters. The molecular weight excluding hydrogens is 959 g/mol. The number of aliphatic hydroxyl groups excluding tert-OH is 2. The van der Waals surface area contributed by atoms with E-state index in [-0.39, 0.29) is 18.5 Å². The van der Waals surface area contributed by atoms with Gasteiger partial charge in [0.15, 0.2) is 0 Å². The van der Waals surface area contributed by atoms with Gasteiger partial charge in [0.2, 0.25) is 5.91 Å². The third kappa shape index (κ3) is 63.0. The SMILES string of the molecule is CCCCC/C=C\C/C=C\CCCCCCCCCC(=O)OCCCCCCCCCCCCCC/C=C\CCCCCCCCCCCCCCCCC(=O)NC(CO)C(O)/C=C/CCCCCCCCCCCCCC. The van der Waals surface area contributed by atoms with Gasteiger partial charge in [0.05, 0.1) is 25.4 Å². The number of amides is 1. The third-order valence-corrected chi connectivity index (χ3v) is 16.1. The van der Waals surface area contributed by atoms with Crippen molar-refractivity contribution in [3.8, 4) is 0 Å². The van der Waals surface area contributed by atoms with Gasteiger partial charge < -0.3 is 20.3 Å². The number of nitrogens with one attached hydrogen (secondary N) is 1. The van der Waals surface area contributed by atoms with Gasteiger partial charge in [-0.1, -0.05) is 319 Å². The monoisotopic (exact) mass is 1090 g/mol. The lowest BCUT2D eigenvalue weighted by Crippen LogP contribution is -2.45. The van der Waals surface area contributed by atoms with Gasteiger partial charge in [-0.3, -0.25) is 9.59 Å². The standard InChI is InChI=1S/C72H135NO5/c1-3-5-7-9-11-13-15-17-19-34-38-42-46-50-54-58-62-66-72(77)78-67-63-59-55-51-47-43-39-36-33-31-29-27-25-23-21-20-22-24-26-28-30-32-35-37-41-45-49-53-57-61-65-71(76)73-69(68-74)70(75)64-60-56-52-48-44-40-18-16-14-12-10-8-6-4-2/h11,13,17,19,21,23,60,64,69-70,74-75H,3-10,12,14-16,18,20,22,24-59,61-63,65-68H2,1-2H3,(H,73,76)/b13-11-,19-17-,23-21-,64-60+. The van der Waals surface area contributed by atoms with Crippen molar-refractivity contribution in [3.05, 3.63) is 48.6 Å². The predicted molar refractivity (Wildman–Crippen MR) is 342 cm³/mol. The van der Waals surface area contributed by atoms with Crippen LogP contribution in [0.1, 0.15) is 373 Å². The normalized spacial score (nSPS) is 12.8. The van der Waals surface area contributed by atoms with E-state index >= 15 is 0 Å². The number of esters is 1. The second kappa shape index (κ2) is 67.3. The van der Waals surface area contributed by atoms with E-state index in [0.29, 0.717) is 19.4 Å². The lowest BCUT2D eigenvalue weighted by Gasteiger charge is -2.20. The Morgan fingerprint density at radius 3 is 1.01 bits per heavy atom. The molecule has 0 saturated carbocycles. The number of unbranched alkanes of at least 4 members (excludes halogenated alkanes) is 48. The summed E-state index contributed by atoms with van der Waals surface area (Å²) in [5.74, 6) is -0.0563. The molecule has 458 valence electrons. The average Bonchev–Trinajstić information content (AvgIpc) is 3.44. The molecule has 0 aromatic rings. The summed E-state index contributed by atoms with van der Waals surface area (Å²) in [4.78, 5) is 24.6. The van der Waals surface area contributed by atoms with Crippen molar-refractivity contribution in [1.29, 1.82) is 0 Å². The largest absolute Gasteiger partial charge is 0.466 e. The maximum atomic E-state index is 12.5. The molecule has 0 heterocycles. The zero-order valence-corrected chi connectivity index (χ0v) is 52.4. The maximum absolute atomic E-state index is 12.5. The number of carbonyl (C=O) groups excluding carboxylic acids is 2. The Balaban J connectivity index is 3.37. The molecule has 0 aliphatic carbocycles. The van der Waals surface area contributed by atoms with Crippen LogP contribution in [0.15, 0.2) is 48.6 Å². The number of hydrogen-bond donors (Lipinski definition) is 3.